The first kappa shape index (κ1) is 11.4. The minimum atomic E-state index is -0.983. The Bertz CT molecular complexity index is 490. The highest BCUT2D eigenvalue weighted by Crippen LogP contribution is 2.12. The number of nitrogens with one attached hydrogen (secondary N) is 2. The van der Waals surface area contributed by atoms with E-state index in [1.807, 2.05) is 13.1 Å². The van der Waals surface area contributed by atoms with Crippen molar-refractivity contribution in [3.8, 4) is 0 Å². The lowest BCUT2D eigenvalue weighted by molar-refractivity contribution is 0.0696. The van der Waals surface area contributed by atoms with E-state index < -0.39 is 5.97 Å². The van der Waals surface area contributed by atoms with E-state index in [2.05, 4.69) is 15.5 Å². The summed E-state index contributed by atoms with van der Waals surface area (Å²) in [6.45, 7) is 2.46. The van der Waals surface area contributed by atoms with Crippen LogP contribution in [0.1, 0.15) is 34.6 Å². The molecule has 90 valence electrons. The van der Waals surface area contributed by atoms with E-state index in [0.717, 1.165) is 5.56 Å². The summed E-state index contributed by atoms with van der Waals surface area (Å²) in [6, 6.07) is 1.63. The van der Waals surface area contributed by atoms with Gasteiger partial charge in [-0.2, -0.15) is 5.10 Å². The molecule has 0 aliphatic carbocycles. The number of aromatic nitrogens is 2. The lowest BCUT2D eigenvalue weighted by atomic mass is 10.2. The van der Waals surface area contributed by atoms with E-state index in [4.69, 9.17) is 9.52 Å². The van der Waals surface area contributed by atoms with Crippen molar-refractivity contribution in [2.75, 3.05) is 0 Å². The molecule has 2 heterocycles. The predicted molar refractivity (Wildman–Crippen MR) is 59.5 cm³/mol. The fraction of sp³-hybridized carbons (Fsp3) is 0.273. The Morgan fingerprint density at radius 1 is 1.71 bits per heavy atom. The molecule has 2 rings (SSSR count). The van der Waals surface area contributed by atoms with Crippen LogP contribution in [0.2, 0.25) is 0 Å². The van der Waals surface area contributed by atoms with Crippen LogP contribution in [0.3, 0.4) is 0 Å². The van der Waals surface area contributed by atoms with Crippen LogP contribution in [0.5, 0.6) is 0 Å². The molecular formula is C11H13N3O3. The molecule has 0 fully saturated rings. The Hall–Kier alpha value is -2.08. The van der Waals surface area contributed by atoms with E-state index in [-0.39, 0.29) is 11.6 Å². The zero-order chi connectivity index (χ0) is 12.3. The average molecular weight is 235 g/mol. The highest BCUT2D eigenvalue weighted by atomic mass is 16.4. The van der Waals surface area contributed by atoms with E-state index >= 15 is 0 Å². The maximum Gasteiger partial charge on any atom is 0.338 e. The molecule has 3 N–H and O–H groups in total. The minimum Gasteiger partial charge on any atom is -0.478 e. The highest BCUT2D eigenvalue weighted by molar-refractivity contribution is 5.87. The molecular weight excluding hydrogens is 222 g/mol. The maximum absolute atomic E-state index is 10.6. The number of carbonyl (C=O) groups is 1. The van der Waals surface area contributed by atoms with Gasteiger partial charge in [-0.15, -0.1) is 0 Å². The Kier molecular flexibility index (Phi) is 3.24. The molecule has 0 saturated carbocycles. The average Bonchev–Trinajstić information content (AvgIpc) is 2.97. The van der Waals surface area contributed by atoms with Gasteiger partial charge in [0.15, 0.2) is 0 Å². The third kappa shape index (κ3) is 2.73. The number of rotatable bonds is 5. The summed E-state index contributed by atoms with van der Waals surface area (Å²) in [5, 5.41) is 18.5. The highest BCUT2D eigenvalue weighted by Gasteiger charge is 2.10. The summed E-state index contributed by atoms with van der Waals surface area (Å²) < 4.78 is 5.13. The lowest BCUT2D eigenvalue weighted by Crippen LogP contribution is -2.17. The molecule has 1 unspecified atom stereocenters. The van der Waals surface area contributed by atoms with Crippen molar-refractivity contribution < 1.29 is 14.3 Å². The number of carboxylic acids is 1. The van der Waals surface area contributed by atoms with Gasteiger partial charge in [0.05, 0.1) is 18.3 Å². The smallest absolute Gasteiger partial charge is 0.338 e. The van der Waals surface area contributed by atoms with Gasteiger partial charge in [-0.05, 0) is 13.0 Å². The number of aromatic carboxylic acids is 1. The van der Waals surface area contributed by atoms with E-state index in [0.29, 0.717) is 12.3 Å². The molecule has 6 nitrogen and oxygen atoms in total. The molecule has 17 heavy (non-hydrogen) atoms. The standard InChI is InChI=1S/C11H13N3O3/c1-7(9-3-13-14-4-9)12-5-10-2-8(6-17-10)11(15)16/h2-4,6-7,12H,5H2,1H3,(H,13,14)(H,15,16). The van der Waals surface area contributed by atoms with Crippen LogP contribution >= 0.6 is 0 Å². The molecule has 0 aromatic carbocycles. The van der Waals surface area contributed by atoms with Gasteiger partial charge in [0.1, 0.15) is 12.0 Å². The van der Waals surface area contributed by atoms with Gasteiger partial charge < -0.3 is 14.8 Å². The predicted octanol–water partition coefficient (Wildman–Crippen LogP) is 1.55. The Morgan fingerprint density at radius 2 is 2.53 bits per heavy atom. The third-order valence-corrected chi connectivity index (χ3v) is 2.50. The molecule has 0 amide bonds. The van der Waals surface area contributed by atoms with Crippen molar-refractivity contribution in [1.82, 2.24) is 15.5 Å². The van der Waals surface area contributed by atoms with Gasteiger partial charge in [0.2, 0.25) is 0 Å². The maximum atomic E-state index is 10.6. The van der Waals surface area contributed by atoms with Crippen LogP contribution in [0.15, 0.2) is 29.1 Å². The molecule has 0 radical (unpaired) electrons. The molecule has 1 atom stereocenters. The first-order valence-corrected chi connectivity index (χ1v) is 5.19. The van der Waals surface area contributed by atoms with Crippen molar-refractivity contribution in [2.24, 2.45) is 0 Å². The van der Waals surface area contributed by atoms with Crippen molar-refractivity contribution in [3.63, 3.8) is 0 Å². The monoisotopic (exact) mass is 235 g/mol. The van der Waals surface area contributed by atoms with E-state index in [9.17, 15) is 4.79 Å². The normalized spacial score (nSPS) is 12.5. The van der Waals surface area contributed by atoms with Crippen molar-refractivity contribution in [2.45, 2.75) is 19.5 Å². The summed E-state index contributed by atoms with van der Waals surface area (Å²) in [7, 11) is 0. The van der Waals surface area contributed by atoms with Gasteiger partial charge in [-0.25, -0.2) is 4.79 Å². The number of hydrogen-bond acceptors (Lipinski definition) is 4. The van der Waals surface area contributed by atoms with Crippen LogP contribution in [0.25, 0.3) is 0 Å². The molecule has 6 heteroatoms. The van der Waals surface area contributed by atoms with Gasteiger partial charge in [0.25, 0.3) is 0 Å². The summed E-state index contributed by atoms with van der Waals surface area (Å²) >= 11 is 0. The van der Waals surface area contributed by atoms with Crippen molar-refractivity contribution in [3.05, 3.63) is 41.6 Å². The minimum absolute atomic E-state index is 0.118. The van der Waals surface area contributed by atoms with Gasteiger partial charge in [-0.1, -0.05) is 0 Å². The summed E-state index contributed by atoms with van der Waals surface area (Å²) in [5.41, 5.74) is 1.20. The zero-order valence-corrected chi connectivity index (χ0v) is 9.30. The molecule has 0 aliphatic rings. The van der Waals surface area contributed by atoms with Crippen molar-refractivity contribution in [1.29, 1.82) is 0 Å². The second-order valence-electron chi connectivity index (χ2n) is 3.74. The summed E-state index contributed by atoms with van der Waals surface area (Å²) in [6.07, 6.45) is 4.78. The fourth-order valence-electron chi connectivity index (χ4n) is 1.45. The van der Waals surface area contributed by atoms with Crippen LogP contribution in [0, 0.1) is 0 Å². The Labute approximate surface area is 97.6 Å². The molecule has 2 aromatic rings. The first-order chi connectivity index (χ1) is 8.16. The first-order valence-electron chi connectivity index (χ1n) is 5.19. The van der Waals surface area contributed by atoms with Crippen LogP contribution < -0.4 is 5.32 Å². The number of aromatic amines is 1. The topological polar surface area (TPSA) is 91.2 Å². The number of furan rings is 1. The van der Waals surface area contributed by atoms with Crippen LogP contribution in [0.4, 0.5) is 0 Å². The second-order valence-corrected chi connectivity index (χ2v) is 3.74. The Balaban J connectivity index is 1.91. The quantitative estimate of drug-likeness (QED) is 0.731. The van der Waals surface area contributed by atoms with Crippen LogP contribution in [-0.2, 0) is 6.54 Å². The van der Waals surface area contributed by atoms with E-state index in [1.54, 1.807) is 6.20 Å². The zero-order valence-electron chi connectivity index (χ0n) is 9.30. The molecule has 0 bridgehead atoms. The fourth-order valence-corrected chi connectivity index (χ4v) is 1.45. The van der Waals surface area contributed by atoms with Crippen LogP contribution in [-0.4, -0.2) is 21.3 Å². The summed E-state index contributed by atoms with van der Waals surface area (Å²) in [4.78, 5) is 10.6. The van der Waals surface area contributed by atoms with Gasteiger partial charge >= 0.3 is 5.97 Å². The van der Waals surface area contributed by atoms with Crippen molar-refractivity contribution >= 4 is 5.97 Å². The van der Waals surface area contributed by atoms with E-state index in [1.165, 1.54) is 12.3 Å². The molecule has 0 saturated heterocycles. The molecule has 0 spiro atoms. The number of hydrogen-bond donors (Lipinski definition) is 3. The molecule has 0 aliphatic heterocycles. The van der Waals surface area contributed by atoms with Gasteiger partial charge in [0, 0.05) is 17.8 Å². The number of nitrogens with zero attached hydrogens (tertiary/aromatic N) is 1. The number of carboxylic acid groups (broad SMARTS) is 1. The number of H-pyrrole nitrogens is 1. The second kappa shape index (κ2) is 4.84. The molecule has 2 aromatic heterocycles. The Morgan fingerprint density at radius 3 is 3.12 bits per heavy atom. The third-order valence-electron chi connectivity index (χ3n) is 2.50. The lowest BCUT2D eigenvalue weighted by Gasteiger charge is -2.09. The summed E-state index contributed by atoms with van der Waals surface area (Å²) in [5.74, 6) is -0.388. The SMILES string of the molecule is CC(NCc1cc(C(=O)O)co1)c1cn[nH]c1. The largest absolute Gasteiger partial charge is 0.478 e. The van der Waals surface area contributed by atoms with Gasteiger partial charge in [-0.3, -0.25) is 5.10 Å².